The molecule has 1 heterocycles. The summed E-state index contributed by atoms with van der Waals surface area (Å²) in [5.74, 6) is 2.62. The van der Waals surface area contributed by atoms with Crippen molar-refractivity contribution < 1.29 is 9.47 Å². The Hall–Kier alpha value is -0.380. The van der Waals surface area contributed by atoms with Gasteiger partial charge in [-0.3, -0.25) is 0 Å². The molecule has 1 saturated heterocycles. The SMILES string of the molecule is C1=C[C@H]2C[C@H]1C[C@H]2CNCCOC[C@@H]1CCCO1. The van der Waals surface area contributed by atoms with E-state index in [1.807, 2.05) is 0 Å². The van der Waals surface area contributed by atoms with Crippen LogP contribution in [0.15, 0.2) is 12.2 Å². The Bertz CT molecular complexity index is 286. The van der Waals surface area contributed by atoms with Gasteiger partial charge in [0.15, 0.2) is 0 Å². The molecule has 1 saturated carbocycles. The topological polar surface area (TPSA) is 30.5 Å². The predicted molar refractivity (Wildman–Crippen MR) is 71.5 cm³/mol. The van der Waals surface area contributed by atoms with E-state index in [1.54, 1.807) is 0 Å². The Morgan fingerprint density at radius 3 is 3.00 bits per heavy atom. The van der Waals surface area contributed by atoms with E-state index in [2.05, 4.69) is 17.5 Å². The van der Waals surface area contributed by atoms with Crippen molar-refractivity contribution in [1.29, 1.82) is 0 Å². The summed E-state index contributed by atoms with van der Waals surface area (Å²) in [6.07, 6.45) is 10.4. The minimum atomic E-state index is 0.362. The molecule has 2 fully saturated rings. The van der Waals surface area contributed by atoms with E-state index in [1.165, 1.54) is 25.7 Å². The number of fused-ring (bicyclic) bond motifs is 2. The molecule has 0 amide bonds. The third kappa shape index (κ3) is 3.14. The van der Waals surface area contributed by atoms with Gasteiger partial charge in [-0.2, -0.15) is 0 Å². The highest BCUT2D eigenvalue weighted by molar-refractivity contribution is 5.10. The summed E-state index contributed by atoms with van der Waals surface area (Å²) in [6.45, 7) is 4.65. The minimum Gasteiger partial charge on any atom is -0.377 e. The average molecular weight is 251 g/mol. The summed E-state index contributed by atoms with van der Waals surface area (Å²) in [7, 11) is 0. The van der Waals surface area contributed by atoms with E-state index >= 15 is 0 Å². The van der Waals surface area contributed by atoms with Crippen molar-refractivity contribution in [3.8, 4) is 0 Å². The molecule has 2 aliphatic carbocycles. The molecule has 0 radical (unpaired) electrons. The number of nitrogens with one attached hydrogen (secondary N) is 1. The maximum Gasteiger partial charge on any atom is 0.0809 e. The number of allylic oxidation sites excluding steroid dienone is 2. The first kappa shape index (κ1) is 12.6. The van der Waals surface area contributed by atoms with Crippen molar-refractivity contribution in [2.75, 3.05) is 32.9 Å². The summed E-state index contributed by atoms with van der Waals surface area (Å²) in [5.41, 5.74) is 0. The normalized spacial score (nSPS) is 37.8. The number of hydrogen-bond donors (Lipinski definition) is 1. The van der Waals surface area contributed by atoms with Gasteiger partial charge in [0, 0.05) is 13.2 Å². The lowest BCUT2D eigenvalue weighted by Gasteiger charge is -2.18. The van der Waals surface area contributed by atoms with E-state index < -0.39 is 0 Å². The summed E-state index contributed by atoms with van der Waals surface area (Å²) in [5, 5.41) is 3.54. The van der Waals surface area contributed by atoms with Gasteiger partial charge in [0.1, 0.15) is 0 Å². The van der Waals surface area contributed by atoms with Gasteiger partial charge in [-0.1, -0.05) is 12.2 Å². The fourth-order valence-corrected chi connectivity index (χ4v) is 3.55. The van der Waals surface area contributed by atoms with E-state index in [9.17, 15) is 0 Å². The quantitative estimate of drug-likeness (QED) is 0.554. The van der Waals surface area contributed by atoms with Crippen LogP contribution >= 0.6 is 0 Å². The zero-order valence-electron chi connectivity index (χ0n) is 11.1. The molecular formula is C15H25NO2. The molecule has 3 aliphatic rings. The minimum absolute atomic E-state index is 0.362. The molecular weight excluding hydrogens is 226 g/mol. The van der Waals surface area contributed by atoms with E-state index in [-0.39, 0.29) is 0 Å². The molecule has 1 aliphatic heterocycles. The number of ether oxygens (including phenoxy) is 2. The van der Waals surface area contributed by atoms with Crippen molar-refractivity contribution in [3.05, 3.63) is 12.2 Å². The van der Waals surface area contributed by atoms with Crippen molar-refractivity contribution in [3.63, 3.8) is 0 Å². The van der Waals surface area contributed by atoms with E-state index in [0.29, 0.717) is 6.10 Å². The highest BCUT2D eigenvalue weighted by Gasteiger charge is 2.34. The van der Waals surface area contributed by atoms with Crippen LogP contribution in [0.1, 0.15) is 25.7 Å². The molecule has 0 aromatic rings. The van der Waals surface area contributed by atoms with Crippen molar-refractivity contribution >= 4 is 0 Å². The number of rotatable bonds is 7. The maximum absolute atomic E-state index is 5.64. The fraction of sp³-hybridized carbons (Fsp3) is 0.867. The zero-order chi connectivity index (χ0) is 12.2. The lowest BCUT2D eigenvalue weighted by atomic mass is 9.94. The largest absolute Gasteiger partial charge is 0.377 e. The average Bonchev–Trinajstić information content (AvgIpc) is 3.10. The van der Waals surface area contributed by atoms with Crippen LogP contribution in [-0.4, -0.2) is 39.0 Å². The molecule has 0 aromatic heterocycles. The zero-order valence-corrected chi connectivity index (χ0v) is 11.1. The fourth-order valence-electron chi connectivity index (χ4n) is 3.55. The smallest absolute Gasteiger partial charge is 0.0809 e. The van der Waals surface area contributed by atoms with E-state index in [0.717, 1.165) is 50.7 Å². The van der Waals surface area contributed by atoms with Crippen LogP contribution in [-0.2, 0) is 9.47 Å². The van der Waals surface area contributed by atoms with Crippen LogP contribution < -0.4 is 5.32 Å². The molecule has 0 unspecified atom stereocenters. The lowest BCUT2D eigenvalue weighted by Crippen LogP contribution is -2.29. The van der Waals surface area contributed by atoms with Gasteiger partial charge < -0.3 is 14.8 Å². The van der Waals surface area contributed by atoms with Crippen molar-refractivity contribution in [1.82, 2.24) is 5.32 Å². The Morgan fingerprint density at radius 2 is 2.28 bits per heavy atom. The molecule has 102 valence electrons. The molecule has 18 heavy (non-hydrogen) atoms. The first-order valence-corrected chi connectivity index (χ1v) is 7.50. The monoisotopic (exact) mass is 251 g/mol. The van der Waals surface area contributed by atoms with Gasteiger partial charge in [0.2, 0.25) is 0 Å². The van der Waals surface area contributed by atoms with Gasteiger partial charge in [-0.05, 0) is 50.0 Å². The third-order valence-corrected chi connectivity index (χ3v) is 4.57. The van der Waals surface area contributed by atoms with Crippen LogP contribution in [0.4, 0.5) is 0 Å². The van der Waals surface area contributed by atoms with Crippen molar-refractivity contribution in [2.24, 2.45) is 17.8 Å². The first-order chi connectivity index (χ1) is 8.92. The Kier molecular flexibility index (Phi) is 4.34. The van der Waals surface area contributed by atoms with Crippen LogP contribution in [0, 0.1) is 17.8 Å². The summed E-state index contributed by atoms with van der Waals surface area (Å²) < 4.78 is 11.2. The molecule has 3 nitrogen and oxygen atoms in total. The molecule has 0 aromatic carbocycles. The van der Waals surface area contributed by atoms with Gasteiger partial charge in [0.25, 0.3) is 0 Å². The second kappa shape index (κ2) is 6.18. The Balaban J connectivity index is 1.20. The summed E-state index contributed by atoms with van der Waals surface area (Å²) in [4.78, 5) is 0. The third-order valence-electron chi connectivity index (χ3n) is 4.57. The summed E-state index contributed by atoms with van der Waals surface area (Å²) >= 11 is 0. The van der Waals surface area contributed by atoms with Crippen LogP contribution in [0.2, 0.25) is 0 Å². The Labute approximate surface area is 110 Å². The first-order valence-electron chi connectivity index (χ1n) is 7.50. The van der Waals surface area contributed by atoms with Gasteiger partial charge in [-0.25, -0.2) is 0 Å². The molecule has 4 atom stereocenters. The van der Waals surface area contributed by atoms with E-state index in [4.69, 9.17) is 9.47 Å². The van der Waals surface area contributed by atoms with Crippen molar-refractivity contribution in [2.45, 2.75) is 31.8 Å². The van der Waals surface area contributed by atoms with Crippen LogP contribution in [0.3, 0.4) is 0 Å². The highest BCUT2D eigenvalue weighted by Crippen LogP contribution is 2.42. The standard InChI is InChI=1S/C15H25NO2/c1-2-15(18-6-1)11-17-7-5-16-10-14-9-12-3-4-13(14)8-12/h3-4,12-16H,1-2,5-11H2/t12-,13-,14-,15-/m0/s1. The molecule has 2 bridgehead atoms. The number of hydrogen-bond acceptors (Lipinski definition) is 3. The molecule has 0 spiro atoms. The van der Waals surface area contributed by atoms with Gasteiger partial charge >= 0.3 is 0 Å². The second-order valence-corrected chi connectivity index (χ2v) is 5.95. The Morgan fingerprint density at radius 1 is 1.28 bits per heavy atom. The predicted octanol–water partition coefficient (Wildman–Crippen LogP) is 1.98. The molecule has 3 rings (SSSR count). The summed E-state index contributed by atoms with van der Waals surface area (Å²) in [6, 6.07) is 0. The van der Waals surface area contributed by atoms with Gasteiger partial charge in [0.05, 0.1) is 19.3 Å². The lowest BCUT2D eigenvalue weighted by molar-refractivity contribution is 0.0181. The van der Waals surface area contributed by atoms with Crippen LogP contribution in [0.25, 0.3) is 0 Å². The van der Waals surface area contributed by atoms with Gasteiger partial charge in [-0.15, -0.1) is 0 Å². The second-order valence-electron chi connectivity index (χ2n) is 5.95. The molecule has 1 N–H and O–H groups in total. The maximum atomic E-state index is 5.64. The van der Waals surface area contributed by atoms with Crippen LogP contribution in [0.5, 0.6) is 0 Å². The highest BCUT2D eigenvalue weighted by atomic mass is 16.5. The molecule has 3 heteroatoms.